The molecule has 5 nitrogen and oxygen atoms in total. The normalized spacial score (nSPS) is 11.8. The summed E-state index contributed by atoms with van der Waals surface area (Å²) in [7, 11) is 0. The lowest BCUT2D eigenvalue weighted by molar-refractivity contribution is -0.123. The molecule has 0 aliphatic heterocycles. The van der Waals surface area contributed by atoms with Crippen LogP contribution in [0.3, 0.4) is 0 Å². The molecule has 1 unspecified atom stereocenters. The first-order chi connectivity index (χ1) is 13.9. The fourth-order valence-electron chi connectivity index (χ4n) is 3.10. The van der Waals surface area contributed by atoms with E-state index in [1.807, 2.05) is 32.0 Å². The van der Waals surface area contributed by atoms with E-state index in [1.165, 1.54) is 18.2 Å². The van der Waals surface area contributed by atoms with E-state index in [0.717, 1.165) is 25.2 Å². The number of amides is 2. The number of halogens is 1. The van der Waals surface area contributed by atoms with Gasteiger partial charge in [0.25, 0.3) is 5.91 Å². The van der Waals surface area contributed by atoms with Crippen LogP contribution < -0.4 is 15.5 Å². The van der Waals surface area contributed by atoms with Crippen LogP contribution in [0, 0.1) is 11.7 Å². The molecule has 1 atom stereocenters. The Hall–Kier alpha value is -2.89. The van der Waals surface area contributed by atoms with Crippen molar-refractivity contribution in [2.45, 2.75) is 33.2 Å². The molecule has 2 aromatic carbocycles. The molecule has 0 spiro atoms. The topological polar surface area (TPSA) is 61.4 Å². The van der Waals surface area contributed by atoms with E-state index in [4.69, 9.17) is 0 Å². The van der Waals surface area contributed by atoms with E-state index in [1.54, 1.807) is 6.07 Å². The Labute approximate surface area is 172 Å². The Morgan fingerprint density at radius 2 is 1.69 bits per heavy atom. The molecular formula is C23H30FN3O2. The molecule has 0 aliphatic carbocycles. The molecule has 0 aromatic heterocycles. The Balaban J connectivity index is 1.86. The van der Waals surface area contributed by atoms with Crippen molar-refractivity contribution in [1.29, 1.82) is 0 Å². The lowest BCUT2D eigenvalue weighted by Crippen LogP contribution is -2.50. The van der Waals surface area contributed by atoms with Gasteiger partial charge in [0.15, 0.2) is 0 Å². The first kappa shape index (κ1) is 22.4. The molecule has 6 heteroatoms. The highest BCUT2D eigenvalue weighted by molar-refractivity contribution is 5.97. The van der Waals surface area contributed by atoms with Crippen LogP contribution in [0.1, 0.15) is 37.6 Å². The molecular weight excluding hydrogens is 369 g/mol. The number of hydrogen-bond acceptors (Lipinski definition) is 3. The van der Waals surface area contributed by atoms with Crippen molar-refractivity contribution in [3.8, 4) is 0 Å². The number of nitrogens with zero attached hydrogens (tertiary/aromatic N) is 1. The number of benzene rings is 2. The Morgan fingerprint density at radius 1 is 1.03 bits per heavy atom. The second kappa shape index (κ2) is 11.2. The molecule has 0 bridgehead atoms. The quantitative estimate of drug-likeness (QED) is 0.600. The zero-order valence-electron chi connectivity index (χ0n) is 17.3. The van der Waals surface area contributed by atoms with E-state index < -0.39 is 17.8 Å². The van der Waals surface area contributed by atoms with Crippen molar-refractivity contribution in [2.75, 3.05) is 24.5 Å². The van der Waals surface area contributed by atoms with E-state index in [0.29, 0.717) is 6.54 Å². The molecule has 0 radical (unpaired) electrons. The van der Waals surface area contributed by atoms with Gasteiger partial charge < -0.3 is 15.5 Å². The number of carbonyl (C=O) groups is 2. The van der Waals surface area contributed by atoms with E-state index in [2.05, 4.69) is 34.6 Å². The average molecular weight is 400 g/mol. The van der Waals surface area contributed by atoms with Crippen molar-refractivity contribution < 1.29 is 14.0 Å². The van der Waals surface area contributed by atoms with E-state index >= 15 is 0 Å². The van der Waals surface area contributed by atoms with Crippen molar-refractivity contribution in [3.63, 3.8) is 0 Å². The molecule has 0 saturated carbocycles. The SMILES string of the molecule is CCN(CCCNC(=O)C(NC(=O)c1ccccc1F)C(C)C)c1ccccc1. The van der Waals surface area contributed by atoms with Gasteiger partial charge in [0.1, 0.15) is 11.9 Å². The maximum atomic E-state index is 13.8. The monoisotopic (exact) mass is 399 g/mol. The highest BCUT2D eigenvalue weighted by Gasteiger charge is 2.25. The highest BCUT2D eigenvalue weighted by atomic mass is 19.1. The van der Waals surface area contributed by atoms with Crippen LogP contribution in [-0.4, -0.2) is 37.5 Å². The van der Waals surface area contributed by atoms with Gasteiger partial charge in [0.2, 0.25) is 5.91 Å². The molecule has 29 heavy (non-hydrogen) atoms. The van der Waals surface area contributed by atoms with Gasteiger partial charge in [-0.1, -0.05) is 44.2 Å². The van der Waals surface area contributed by atoms with Crippen LogP contribution in [0.4, 0.5) is 10.1 Å². The van der Waals surface area contributed by atoms with E-state index in [-0.39, 0.29) is 17.4 Å². The van der Waals surface area contributed by atoms with Crippen molar-refractivity contribution >= 4 is 17.5 Å². The fraction of sp³-hybridized carbons (Fsp3) is 0.391. The minimum absolute atomic E-state index is 0.0626. The van der Waals surface area contributed by atoms with Crippen molar-refractivity contribution in [2.24, 2.45) is 5.92 Å². The third kappa shape index (κ3) is 6.59. The Kier molecular flexibility index (Phi) is 8.65. The second-order valence-corrected chi connectivity index (χ2v) is 7.23. The summed E-state index contributed by atoms with van der Waals surface area (Å²) in [4.78, 5) is 27.2. The predicted octanol–water partition coefficient (Wildman–Crippen LogP) is 3.61. The predicted molar refractivity (Wildman–Crippen MR) is 114 cm³/mol. The molecule has 0 fully saturated rings. The van der Waals surface area contributed by atoms with Crippen LogP contribution in [0.15, 0.2) is 54.6 Å². The van der Waals surface area contributed by atoms with Crippen LogP contribution in [0.5, 0.6) is 0 Å². The average Bonchev–Trinajstić information content (AvgIpc) is 2.72. The third-order valence-corrected chi connectivity index (χ3v) is 4.76. The zero-order chi connectivity index (χ0) is 21.2. The molecule has 2 aromatic rings. The number of carbonyl (C=O) groups excluding carboxylic acids is 2. The van der Waals surface area contributed by atoms with Gasteiger partial charge in [0, 0.05) is 25.3 Å². The lowest BCUT2D eigenvalue weighted by Gasteiger charge is -2.24. The Morgan fingerprint density at radius 3 is 2.31 bits per heavy atom. The summed E-state index contributed by atoms with van der Waals surface area (Å²) in [5.41, 5.74) is 1.09. The summed E-state index contributed by atoms with van der Waals surface area (Å²) in [6, 6.07) is 15.1. The molecule has 2 rings (SSSR count). The van der Waals surface area contributed by atoms with E-state index in [9.17, 15) is 14.0 Å². The van der Waals surface area contributed by atoms with Gasteiger partial charge in [-0.05, 0) is 43.5 Å². The Bertz CT molecular complexity index is 796. The standard InChI is InChI=1S/C23H30FN3O2/c1-4-27(18-11-6-5-7-12-18)16-10-15-25-23(29)21(17(2)3)26-22(28)19-13-8-9-14-20(19)24/h5-9,11-14,17,21H,4,10,15-16H2,1-3H3,(H,25,29)(H,26,28). The van der Waals surface area contributed by atoms with Crippen LogP contribution in [0.2, 0.25) is 0 Å². The molecule has 156 valence electrons. The van der Waals surface area contributed by atoms with Crippen LogP contribution in [0.25, 0.3) is 0 Å². The van der Waals surface area contributed by atoms with Gasteiger partial charge in [-0.3, -0.25) is 9.59 Å². The molecule has 0 saturated heterocycles. The molecule has 0 aliphatic rings. The summed E-state index contributed by atoms with van der Waals surface area (Å²) >= 11 is 0. The molecule has 0 heterocycles. The number of para-hydroxylation sites is 1. The summed E-state index contributed by atoms with van der Waals surface area (Å²) < 4.78 is 13.8. The summed E-state index contributed by atoms with van der Waals surface area (Å²) in [6.45, 7) is 7.99. The summed E-state index contributed by atoms with van der Waals surface area (Å²) in [5.74, 6) is -1.57. The largest absolute Gasteiger partial charge is 0.372 e. The van der Waals surface area contributed by atoms with Crippen LogP contribution >= 0.6 is 0 Å². The summed E-state index contributed by atoms with van der Waals surface area (Å²) in [6.07, 6.45) is 0.778. The first-order valence-electron chi connectivity index (χ1n) is 10.1. The molecule has 2 N–H and O–H groups in total. The minimum atomic E-state index is -0.724. The molecule has 2 amide bonds. The van der Waals surface area contributed by atoms with Crippen LogP contribution in [-0.2, 0) is 4.79 Å². The van der Waals surface area contributed by atoms with Crippen molar-refractivity contribution in [3.05, 3.63) is 66.0 Å². The minimum Gasteiger partial charge on any atom is -0.372 e. The van der Waals surface area contributed by atoms with Crippen molar-refractivity contribution in [1.82, 2.24) is 10.6 Å². The zero-order valence-corrected chi connectivity index (χ0v) is 17.3. The maximum Gasteiger partial charge on any atom is 0.254 e. The number of anilines is 1. The van der Waals surface area contributed by atoms with Gasteiger partial charge in [0.05, 0.1) is 5.56 Å². The van der Waals surface area contributed by atoms with Gasteiger partial charge in [-0.15, -0.1) is 0 Å². The third-order valence-electron chi connectivity index (χ3n) is 4.76. The highest BCUT2D eigenvalue weighted by Crippen LogP contribution is 2.13. The fourth-order valence-corrected chi connectivity index (χ4v) is 3.10. The maximum absolute atomic E-state index is 13.8. The second-order valence-electron chi connectivity index (χ2n) is 7.23. The smallest absolute Gasteiger partial charge is 0.254 e. The number of rotatable bonds is 10. The first-order valence-corrected chi connectivity index (χ1v) is 10.1. The summed E-state index contributed by atoms with van der Waals surface area (Å²) in [5, 5.41) is 5.55. The lowest BCUT2D eigenvalue weighted by atomic mass is 10.0. The van der Waals surface area contributed by atoms with Gasteiger partial charge in [-0.25, -0.2) is 4.39 Å². The van der Waals surface area contributed by atoms with Gasteiger partial charge in [-0.2, -0.15) is 0 Å². The number of hydrogen-bond donors (Lipinski definition) is 2. The van der Waals surface area contributed by atoms with Gasteiger partial charge >= 0.3 is 0 Å². The number of nitrogens with one attached hydrogen (secondary N) is 2.